The number of pyridine rings is 1. The fraction of sp³-hybridized carbons (Fsp3) is 0.238. The van der Waals surface area contributed by atoms with Gasteiger partial charge in [-0.05, 0) is 42.0 Å². The summed E-state index contributed by atoms with van der Waals surface area (Å²) >= 11 is 0. The summed E-state index contributed by atoms with van der Waals surface area (Å²) in [4.78, 5) is 16.8. The minimum Gasteiger partial charge on any atom is -0.472 e. The molecule has 1 aliphatic heterocycles. The number of sulfonamides is 1. The van der Waals surface area contributed by atoms with Gasteiger partial charge >= 0.3 is 0 Å². The largest absolute Gasteiger partial charge is 0.472 e. The Morgan fingerprint density at radius 1 is 1.07 bits per heavy atom. The van der Waals surface area contributed by atoms with Crippen LogP contribution in [0.2, 0.25) is 0 Å². The van der Waals surface area contributed by atoms with Gasteiger partial charge in [-0.15, -0.1) is 0 Å². The molecule has 0 spiro atoms. The molecule has 0 saturated carbocycles. The topological polar surface area (TPSA) is 102 Å². The maximum Gasteiger partial charge on any atom is 0.251 e. The molecule has 156 valence electrons. The van der Waals surface area contributed by atoms with E-state index in [1.807, 2.05) is 12.1 Å². The number of aromatic nitrogens is 1. The Labute approximate surface area is 174 Å². The van der Waals surface area contributed by atoms with Crippen LogP contribution in [0.1, 0.15) is 15.9 Å². The van der Waals surface area contributed by atoms with Gasteiger partial charge in [-0.1, -0.05) is 0 Å². The molecule has 1 aliphatic rings. The van der Waals surface area contributed by atoms with Gasteiger partial charge in [-0.25, -0.2) is 8.42 Å². The standard InChI is InChI=1S/C21H21N3O5S/c25-21(23-13-16-11-19(14-22-12-16)18-5-8-29-15-18)17-1-3-20(4-2-17)30(26,27)24-6-9-28-10-7-24/h1-5,8,11-12,14-15H,6-7,9-10,13H2,(H,23,25). The highest BCUT2D eigenvalue weighted by molar-refractivity contribution is 7.89. The third-order valence-electron chi connectivity index (χ3n) is 4.83. The molecule has 0 unspecified atom stereocenters. The molecule has 9 heteroatoms. The number of carbonyl (C=O) groups is 1. The van der Waals surface area contributed by atoms with Gasteiger partial charge in [0.05, 0.1) is 30.6 Å². The first-order chi connectivity index (χ1) is 14.5. The first-order valence-electron chi connectivity index (χ1n) is 9.47. The highest BCUT2D eigenvalue weighted by Gasteiger charge is 2.26. The van der Waals surface area contributed by atoms with Crippen LogP contribution in [0, 0.1) is 0 Å². The molecule has 1 saturated heterocycles. The number of carbonyl (C=O) groups excluding carboxylic acids is 1. The number of rotatable bonds is 6. The SMILES string of the molecule is O=C(NCc1cncc(-c2ccoc2)c1)c1ccc(S(=O)(=O)N2CCOCC2)cc1. The van der Waals surface area contributed by atoms with Crippen LogP contribution in [0.4, 0.5) is 0 Å². The van der Waals surface area contributed by atoms with E-state index in [-0.39, 0.29) is 10.8 Å². The van der Waals surface area contributed by atoms with Gasteiger partial charge in [0, 0.05) is 48.7 Å². The van der Waals surface area contributed by atoms with Crippen molar-refractivity contribution in [2.24, 2.45) is 0 Å². The van der Waals surface area contributed by atoms with E-state index in [0.29, 0.717) is 38.4 Å². The summed E-state index contributed by atoms with van der Waals surface area (Å²) in [5.74, 6) is -0.293. The summed E-state index contributed by atoms with van der Waals surface area (Å²) in [6, 6.07) is 9.72. The van der Waals surface area contributed by atoms with Gasteiger partial charge in [0.15, 0.2) is 0 Å². The van der Waals surface area contributed by atoms with Gasteiger partial charge in [0.1, 0.15) is 0 Å². The summed E-state index contributed by atoms with van der Waals surface area (Å²) < 4.78 is 37.0. The average molecular weight is 427 g/mol. The van der Waals surface area contributed by atoms with Crippen molar-refractivity contribution in [3.05, 3.63) is 72.4 Å². The van der Waals surface area contributed by atoms with Crippen molar-refractivity contribution in [1.29, 1.82) is 0 Å². The number of benzene rings is 1. The van der Waals surface area contributed by atoms with Gasteiger partial charge in [0.25, 0.3) is 5.91 Å². The normalized spacial score (nSPS) is 15.1. The van der Waals surface area contributed by atoms with E-state index in [1.165, 1.54) is 28.6 Å². The zero-order chi connectivity index (χ0) is 21.0. The minimum absolute atomic E-state index is 0.165. The first-order valence-corrected chi connectivity index (χ1v) is 10.9. The number of hydrogen-bond acceptors (Lipinski definition) is 6. The number of nitrogens with one attached hydrogen (secondary N) is 1. The van der Waals surface area contributed by atoms with Crippen molar-refractivity contribution >= 4 is 15.9 Å². The predicted molar refractivity (Wildman–Crippen MR) is 109 cm³/mol. The molecule has 0 aliphatic carbocycles. The van der Waals surface area contributed by atoms with Crippen molar-refractivity contribution < 1.29 is 22.4 Å². The van der Waals surface area contributed by atoms with Crippen molar-refractivity contribution in [2.75, 3.05) is 26.3 Å². The van der Waals surface area contributed by atoms with Crippen LogP contribution >= 0.6 is 0 Å². The second kappa shape index (κ2) is 8.78. The van der Waals surface area contributed by atoms with Crippen molar-refractivity contribution in [3.63, 3.8) is 0 Å². The number of amides is 1. The van der Waals surface area contributed by atoms with Crippen LogP contribution in [0.15, 0.2) is 70.6 Å². The van der Waals surface area contributed by atoms with Gasteiger partial charge in [-0.3, -0.25) is 9.78 Å². The molecule has 1 N–H and O–H groups in total. The van der Waals surface area contributed by atoms with Crippen LogP contribution in [0.3, 0.4) is 0 Å². The molecule has 1 fully saturated rings. The Bertz CT molecular complexity index is 1110. The van der Waals surface area contributed by atoms with Gasteiger partial charge in [-0.2, -0.15) is 4.31 Å². The van der Waals surface area contributed by atoms with E-state index in [0.717, 1.165) is 16.7 Å². The molecule has 30 heavy (non-hydrogen) atoms. The lowest BCUT2D eigenvalue weighted by Crippen LogP contribution is -2.40. The van der Waals surface area contributed by atoms with Crippen LogP contribution in [0.5, 0.6) is 0 Å². The zero-order valence-corrected chi connectivity index (χ0v) is 17.0. The number of nitrogens with zero attached hydrogens (tertiary/aromatic N) is 2. The molecule has 0 bridgehead atoms. The molecule has 8 nitrogen and oxygen atoms in total. The molecule has 3 heterocycles. The van der Waals surface area contributed by atoms with E-state index < -0.39 is 10.0 Å². The fourth-order valence-corrected chi connectivity index (χ4v) is 4.58. The molecule has 3 aromatic rings. The lowest BCUT2D eigenvalue weighted by molar-refractivity contribution is 0.0730. The molecule has 0 radical (unpaired) electrons. The number of ether oxygens (including phenoxy) is 1. The fourth-order valence-electron chi connectivity index (χ4n) is 3.17. The Morgan fingerprint density at radius 3 is 2.53 bits per heavy atom. The Morgan fingerprint density at radius 2 is 1.83 bits per heavy atom. The zero-order valence-electron chi connectivity index (χ0n) is 16.2. The number of morpholine rings is 1. The molecule has 4 rings (SSSR count). The van der Waals surface area contributed by atoms with E-state index in [2.05, 4.69) is 10.3 Å². The third kappa shape index (κ3) is 4.43. The molecule has 1 amide bonds. The molecular formula is C21H21N3O5S. The second-order valence-corrected chi connectivity index (χ2v) is 8.76. The highest BCUT2D eigenvalue weighted by Crippen LogP contribution is 2.20. The van der Waals surface area contributed by atoms with E-state index in [9.17, 15) is 13.2 Å². The first kappa shape index (κ1) is 20.3. The summed E-state index contributed by atoms with van der Waals surface area (Å²) in [6.07, 6.45) is 6.63. The Kier molecular flexibility index (Phi) is 5.93. The maximum absolute atomic E-state index is 12.7. The molecular weight excluding hydrogens is 406 g/mol. The van der Waals surface area contributed by atoms with E-state index in [1.54, 1.807) is 24.9 Å². The predicted octanol–water partition coefficient (Wildman–Crippen LogP) is 2.29. The summed E-state index contributed by atoms with van der Waals surface area (Å²) in [5, 5.41) is 2.83. The maximum atomic E-state index is 12.7. The highest BCUT2D eigenvalue weighted by atomic mass is 32.2. The van der Waals surface area contributed by atoms with Gasteiger partial charge in [0.2, 0.25) is 10.0 Å². The summed E-state index contributed by atoms with van der Waals surface area (Å²) in [7, 11) is -3.58. The quantitative estimate of drug-likeness (QED) is 0.648. The Hall–Kier alpha value is -3.01. The van der Waals surface area contributed by atoms with E-state index >= 15 is 0 Å². The lowest BCUT2D eigenvalue weighted by atomic mass is 10.1. The Balaban J connectivity index is 1.40. The van der Waals surface area contributed by atoms with E-state index in [4.69, 9.17) is 9.15 Å². The molecule has 1 aromatic carbocycles. The monoisotopic (exact) mass is 427 g/mol. The lowest BCUT2D eigenvalue weighted by Gasteiger charge is -2.26. The summed E-state index contributed by atoms with van der Waals surface area (Å²) in [5.41, 5.74) is 3.03. The average Bonchev–Trinajstić information content (AvgIpc) is 3.33. The molecule has 0 atom stereocenters. The number of hydrogen-bond donors (Lipinski definition) is 1. The summed E-state index contributed by atoms with van der Waals surface area (Å²) in [6.45, 7) is 1.73. The van der Waals surface area contributed by atoms with Crippen molar-refractivity contribution in [1.82, 2.24) is 14.6 Å². The minimum atomic E-state index is -3.58. The van der Waals surface area contributed by atoms with Crippen LogP contribution < -0.4 is 5.32 Å². The van der Waals surface area contributed by atoms with Crippen molar-refractivity contribution in [2.45, 2.75) is 11.4 Å². The number of furan rings is 1. The van der Waals surface area contributed by atoms with Crippen LogP contribution in [-0.2, 0) is 21.3 Å². The van der Waals surface area contributed by atoms with Crippen LogP contribution in [0.25, 0.3) is 11.1 Å². The molecule has 2 aromatic heterocycles. The third-order valence-corrected chi connectivity index (χ3v) is 6.74. The smallest absolute Gasteiger partial charge is 0.251 e. The van der Waals surface area contributed by atoms with Crippen molar-refractivity contribution in [3.8, 4) is 11.1 Å². The second-order valence-electron chi connectivity index (χ2n) is 6.82. The van der Waals surface area contributed by atoms with Crippen LogP contribution in [-0.4, -0.2) is 49.9 Å². The van der Waals surface area contributed by atoms with Gasteiger partial charge < -0.3 is 14.5 Å².